The number of nitrogens with one attached hydrogen (secondary N) is 1. The molecule has 1 saturated heterocycles. The van der Waals surface area contributed by atoms with E-state index in [1.165, 1.54) is 17.6 Å². The highest BCUT2D eigenvalue weighted by Gasteiger charge is 2.30. The zero-order chi connectivity index (χ0) is 19.5. The van der Waals surface area contributed by atoms with Crippen LogP contribution >= 0.6 is 0 Å². The van der Waals surface area contributed by atoms with Gasteiger partial charge in [-0.1, -0.05) is 25.5 Å². The minimum Gasteiger partial charge on any atom is -0.444 e. The number of carbonyl (C=O) groups is 2. The van der Waals surface area contributed by atoms with Crippen LogP contribution in [0.2, 0.25) is 0 Å². The summed E-state index contributed by atoms with van der Waals surface area (Å²) in [6.45, 7) is 13.5. The second-order valence-electron chi connectivity index (χ2n) is 9.24. The van der Waals surface area contributed by atoms with E-state index in [4.69, 9.17) is 4.74 Å². The molecular formula is C21H34N2O3. The highest BCUT2D eigenvalue weighted by atomic mass is 16.6. The number of hydrogen-bond acceptors (Lipinski definition) is 3. The highest BCUT2D eigenvalue weighted by molar-refractivity contribution is 5.88. The molecule has 5 heteroatoms. The lowest BCUT2D eigenvalue weighted by Crippen LogP contribution is -2.42. The quantitative estimate of drug-likeness (QED) is 0.766. The smallest absolute Gasteiger partial charge is 0.407 e. The van der Waals surface area contributed by atoms with Crippen molar-refractivity contribution in [1.82, 2.24) is 10.2 Å². The summed E-state index contributed by atoms with van der Waals surface area (Å²) in [5.74, 6) is -0.00555. The fourth-order valence-corrected chi connectivity index (χ4v) is 3.78. The summed E-state index contributed by atoms with van der Waals surface area (Å²) in [4.78, 5) is 26.2. The lowest BCUT2D eigenvalue weighted by atomic mass is 9.72. The summed E-state index contributed by atoms with van der Waals surface area (Å²) in [7, 11) is 0. The zero-order valence-corrected chi connectivity index (χ0v) is 17.1. The third kappa shape index (κ3) is 5.61. The predicted molar refractivity (Wildman–Crippen MR) is 104 cm³/mol. The molecule has 0 spiro atoms. The van der Waals surface area contributed by atoms with Gasteiger partial charge < -0.3 is 15.0 Å². The van der Waals surface area contributed by atoms with Crippen molar-refractivity contribution < 1.29 is 14.3 Å². The highest BCUT2D eigenvalue weighted by Crippen LogP contribution is 2.40. The summed E-state index contributed by atoms with van der Waals surface area (Å²) in [5, 5.41) is 2.79. The molecule has 2 amide bonds. The zero-order valence-electron chi connectivity index (χ0n) is 17.1. The summed E-state index contributed by atoms with van der Waals surface area (Å²) < 4.78 is 5.44. The third-order valence-corrected chi connectivity index (χ3v) is 5.14. The van der Waals surface area contributed by atoms with Gasteiger partial charge in [0, 0.05) is 24.6 Å². The maximum Gasteiger partial charge on any atom is 0.407 e. The van der Waals surface area contributed by atoms with Crippen LogP contribution in [0.1, 0.15) is 67.2 Å². The normalized spacial score (nSPS) is 23.5. The Bertz CT molecular complexity index is 611. The fourth-order valence-electron chi connectivity index (χ4n) is 3.78. The Kier molecular flexibility index (Phi) is 6.20. The molecule has 0 aromatic heterocycles. The molecule has 26 heavy (non-hydrogen) atoms. The van der Waals surface area contributed by atoms with Gasteiger partial charge in [-0.05, 0) is 57.9 Å². The molecular weight excluding hydrogens is 328 g/mol. The molecule has 1 atom stereocenters. The van der Waals surface area contributed by atoms with Gasteiger partial charge in [-0.2, -0.15) is 0 Å². The van der Waals surface area contributed by atoms with Crippen molar-refractivity contribution in [1.29, 1.82) is 0 Å². The Morgan fingerprint density at radius 2 is 2.00 bits per heavy atom. The van der Waals surface area contributed by atoms with Crippen LogP contribution in [0.25, 0.3) is 0 Å². The van der Waals surface area contributed by atoms with Crippen LogP contribution in [0.4, 0.5) is 4.79 Å². The van der Waals surface area contributed by atoms with Gasteiger partial charge in [0.2, 0.25) is 5.91 Å². The number of rotatable bonds is 3. The van der Waals surface area contributed by atoms with E-state index in [1.807, 2.05) is 26.8 Å². The molecule has 0 bridgehead atoms. The van der Waals surface area contributed by atoms with E-state index in [-0.39, 0.29) is 23.0 Å². The van der Waals surface area contributed by atoms with Crippen molar-refractivity contribution in [3.05, 3.63) is 23.3 Å². The lowest BCUT2D eigenvalue weighted by molar-refractivity contribution is -0.125. The fraction of sp³-hybridized carbons (Fsp3) is 0.714. The first-order valence-electron chi connectivity index (χ1n) is 9.64. The molecule has 146 valence electrons. The molecule has 5 nitrogen and oxygen atoms in total. The molecule has 0 saturated carbocycles. The molecule has 1 fully saturated rings. The third-order valence-electron chi connectivity index (χ3n) is 5.14. The number of allylic oxidation sites excluding steroid dienone is 3. The topological polar surface area (TPSA) is 58.6 Å². The summed E-state index contributed by atoms with van der Waals surface area (Å²) >= 11 is 0. The average molecular weight is 363 g/mol. The van der Waals surface area contributed by atoms with Crippen molar-refractivity contribution in [3.63, 3.8) is 0 Å². The summed E-state index contributed by atoms with van der Waals surface area (Å²) in [6.07, 6.45) is 7.19. The van der Waals surface area contributed by atoms with E-state index in [2.05, 4.69) is 26.1 Å². The number of amides is 2. The Morgan fingerprint density at radius 3 is 2.62 bits per heavy atom. The van der Waals surface area contributed by atoms with Crippen molar-refractivity contribution in [2.45, 2.75) is 78.9 Å². The Hall–Kier alpha value is -1.78. The van der Waals surface area contributed by atoms with E-state index >= 15 is 0 Å². The van der Waals surface area contributed by atoms with Crippen molar-refractivity contribution >= 4 is 12.0 Å². The van der Waals surface area contributed by atoms with E-state index < -0.39 is 6.09 Å². The molecule has 1 aliphatic heterocycles. The van der Waals surface area contributed by atoms with Crippen LogP contribution < -0.4 is 5.32 Å². The molecule has 0 radical (unpaired) electrons. The maximum absolute atomic E-state index is 12.5. The molecule has 1 heterocycles. The first kappa shape index (κ1) is 20.5. The van der Waals surface area contributed by atoms with E-state index in [0.717, 1.165) is 12.8 Å². The molecule has 2 rings (SSSR count). The van der Waals surface area contributed by atoms with Gasteiger partial charge in [-0.25, -0.2) is 4.79 Å². The molecule has 0 aromatic rings. The van der Waals surface area contributed by atoms with Gasteiger partial charge in [0.05, 0.1) is 6.54 Å². The molecule has 0 aromatic carbocycles. The average Bonchev–Trinajstić information content (AvgIpc) is 2.92. The standard InChI is InChI=1S/C21H34N2O3/c1-15-8-7-12-21(5,6)17(15)9-10-18(24)23-13-11-16(14-23)26-19(25)22-20(2,3)4/h9-10,16H,7-8,11-14H2,1-6H3,(H,22,25). The number of alkyl carbamates (subject to hydrolysis) is 1. The van der Waals surface area contributed by atoms with Crippen LogP contribution in [0.15, 0.2) is 23.3 Å². The molecule has 2 aliphatic rings. The van der Waals surface area contributed by atoms with Gasteiger partial charge in [0.15, 0.2) is 0 Å². The van der Waals surface area contributed by atoms with Gasteiger partial charge >= 0.3 is 6.09 Å². The van der Waals surface area contributed by atoms with Crippen LogP contribution in [0, 0.1) is 5.41 Å². The second-order valence-corrected chi connectivity index (χ2v) is 9.24. The van der Waals surface area contributed by atoms with Crippen LogP contribution in [0.3, 0.4) is 0 Å². The van der Waals surface area contributed by atoms with Gasteiger partial charge in [-0.15, -0.1) is 0 Å². The maximum atomic E-state index is 12.5. The van der Waals surface area contributed by atoms with E-state index in [1.54, 1.807) is 11.0 Å². The SMILES string of the molecule is CC1=C(C=CC(=O)N2CCC(OC(=O)NC(C)(C)C)C2)C(C)(C)CCC1. The van der Waals surface area contributed by atoms with Crippen molar-refractivity contribution in [2.24, 2.45) is 5.41 Å². The largest absolute Gasteiger partial charge is 0.444 e. The molecule has 1 unspecified atom stereocenters. The van der Waals surface area contributed by atoms with Gasteiger partial charge in [0.1, 0.15) is 6.10 Å². The molecule has 1 N–H and O–H groups in total. The number of likely N-dealkylation sites (tertiary alicyclic amines) is 1. The van der Waals surface area contributed by atoms with Crippen LogP contribution in [-0.2, 0) is 9.53 Å². The van der Waals surface area contributed by atoms with Gasteiger partial charge in [0.25, 0.3) is 0 Å². The first-order valence-corrected chi connectivity index (χ1v) is 9.64. The summed E-state index contributed by atoms with van der Waals surface area (Å²) in [6, 6.07) is 0. The van der Waals surface area contributed by atoms with E-state index in [0.29, 0.717) is 19.5 Å². The molecule has 1 aliphatic carbocycles. The lowest BCUT2D eigenvalue weighted by Gasteiger charge is -2.33. The van der Waals surface area contributed by atoms with Gasteiger partial charge in [-0.3, -0.25) is 4.79 Å². The minimum atomic E-state index is -0.419. The van der Waals surface area contributed by atoms with Crippen molar-refractivity contribution in [2.75, 3.05) is 13.1 Å². The predicted octanol–water partition coefficient (Wildman–Crippen LogP) is 4.19. The monoisotopic (exact) mass is 362 g/mol. The number of carbonyl (C=O) groups excluding carboxylic acids is 2. The van der Waals surface area contributed by atoms with E-state index in [9.17, 15) is 9.59 Å². The number of ether oxygens (including phenoxy) is 1. The first-order chi connectivity index (χ1) is 12.0. The minimum absolute atomic E-state index is 0.00555. The number of nitrogens with zero attached hydrogens (tertiary/aromatic N) is 1. The van der Waals surface area contributed by atoms with Crippen LogP contribution in [0.5, 0.6) is 0 Å². The number of hydrogen-bond donors (Lipinski definition) is 1. The Balaban J connectivity index is 1.90. The van der Waals surface area contributed by atoms with Crippen molar-refractivity contribution in [3.8, 4) is 0 Å². The van der Waals surface area contributed by atoms with Crippen LogP contribution in [-0.4, -0.2) is 41.6 Å². The summed E-state index contributed by atoms with van der Waals surface area (Å²) in [5.41, 5.74) is 2.47. The second kappa shape index (κ2) is 7.85. The Morgan fingerprint density at radius 1 is 1.31 bits per heavy atom. The Labute approximate surface area is 157 Å².